The van der Waals surface area contributed by atoms with Crippen molar-refractivity contribution in [3.05, 3.63) is 35.8 Å². The minimum atomic E-state index is -0.0204. The normalized spacial score (nSPS) is 20.7. The number of hydrogen-bond acceptors (Lipinski definition) is 3. The van der Waals surface area contributed by atoms with Crippen molar-refractivity contribution in [1.82, 2.24) is 14.7 Å². The summed E-state index contributed by atoms with van der Waals surface area (Å²) >= 11 is 0. The highest BCUT2D eigenvalue weighted by atomic mass is 16.5. The average Bonchev–Trinajstić information content (AvgIpc) is 3.06. The molecule has 5 nitrogen and oxygen atoms in total. The van der Waals surface area contributed by atoms with Crippen molar-refractivity contribution in [1.29, 1.82) is 0 Å². The third-order valence-corrected chi connectivity index (χ3v) is 5.11. The van der Waals surface area contributed by atoms with Gasteiger partial charge in [-0.3, -0.25) is 4.79 Å². The van der Waals surface area contributed by atoms with Gasteiger partial charge in [-0.1, -0.05) is 19.8 Å². The number of rotatable bonds is 7. The Bertz CT molecular complexity index is 702. The molecule has 1 aliphatic carbocycles. The van der Waals surface area contributed by atoms with Crippen LogP contribution in [-0.4, -0.2) is 34.0 Å². The fraction of sp³-hybridized carbons (Fsp3) is 0.600. The van der Waals surface area contributed by atoms with Crippen LogP contribution in [0.2, 0.25) is 0 Å². The molecule has 0 spiro atoms. The summed E-state index contributed by atoms with van der Waals surface area (Å²) in [5, 5.41) is 3.18. The molecule has 0 unspecified atom stereocenters. The monoisotopic (exact) mass is 343 g/mol. The van der Waals surface area contributed by atoms with E-state index in [2.05, 4.69) is 17.2 Å². The zero-order chi connectivity index (χ0) is 17.6. The highest BCUT2D eigenvalue weighted by molar-refractivity contribution is 6.00. The average molecular weight is 343 g/mol. The summed E-state index contributed by atoms with van der Waals surface area (Å²) < 4.78 is 7.91. The first-order valence-corrected chi connectivity index (χ1v) is 9.54. The van der Waals surface area contributed by atoms with Gasteiger partial charge in [0.25, 0.3) is 5.91 Å². The molecule has 1 aliphatic rings. The number of carbonyl (C=O) groups is 1. The molecule has 0 aliphatic heterocycles. The summed E-state index contributed by atoms with van der Waals surface area (Å²) in [6.45, 7) is 5.09. The largest absolute Gasteiger partial charge is 0.378 e. The highest BCUT2D eigenvalue weighted by Gasteiger charge is 2.24. The van der Waals surface area contributed by atoms with Gasteiger partial charge in [0.1, 0.15) is 5.65 Å². The molecule has 1 fully saturated rings. The summed E-state index contributed by atoms with van der Waals surface area (Å²) in [6.07, 6.45) is 11.7. The molecule has 2 heterocycles. The molecule has 1 saturated carbocycles. The van der Waals surface area contributed by atoms with Gasteiger partial charge in [0, 0.05) is 30.7 Å². The number of hydrogen-bond donors (Lipinski definition) is 1. The van der Waals surface area contributed by atoms with Crippen molar-refractivity contribution in [2.24, 2.45) is 0 Å². The maximum Gasteiger partial charge on any atom is 0.255 e. The maximum atomic E-state index is 12.6. The number of aryl methyl sites for hydroxylation is 1. The lowest BCUT2D eigenvalue weighted by Crippen LogP contribution is -2.39. The number of nitrogens with zero attached hydrogens (tertiary/aromatic N) is 2. The van der Waals surface area contributed by atoms with Crippen LogP contribution in [0.4, 0.5) is 0 Å². The molecule has 1 N–H and O–H groups in total. The van der Waals surface area contributed by atoms with E-state index in [1.807, 2.05) is 29.7 Å². The lowest BCUT2D eigenvalue weighted by molar-refractivity contribution is 0.0205. The van der Waals surface area contributed by atoms with E-state index in [9.17, 15) is 4.79 Å². The predicted molar refractivity (Wildman–Crippen MR) is 98.9 cm³/mol. The van der Waals surface area contributed by atoms with Crippen LogP contribution >= 0.6 is 0 Å². The van der Waals surface area contributed by atoms with E-state index in [0.717, 1.165) is 50.1 Å². The lowest BCUT2D eigenvalue weighted by Gasteiger charge is -2.29. The number of ether oxygens (including phenoxy) is 1. The molecule has 0 radical (unpaired) electrons. The van der Waals surface area contributed by atoms with Crippen LogP contribution in [0.25, 0.3) is 5.65 Å². The smallest absolute Gasteiger partial charge is 0.255 e. The van der Waals surface area contributed by atoms with Crippen LogP contribution in [0.3, 0.4) is 0 Å². The van der Waals surface area contributed by atoms with Crippen LogP contribution in [0.5, 0.6) is 0 Å². The van der Waals surface area contributed by atoms with Gasteiger partial charge in [-0.25, -0.2) is 4.98 Å². The second kappa shape index (κ2) is 8.48. The van der Waals surface area contributed by atoms with Crippen LogP contribution in [0, 0.1) is 6.92 Å². The van der Waals surface area contributed by atoms with Gasteiger partial charge in [-0.15, -0.1) is 0 Å². The van der Waals surface area contributed by atoms with Gasteiger partial charge in [-0.05, 0) is 51.2 Å². The molecule has 2 aromatic rings. The van der Waals surface area contributed by atoms with Crippen LogP contribution in [0.1, 0.15) is 67.9 Å². The Morgan fingerprint density at radius 2 is 2.08 bits per heavy atom. The Kier molecular flexibility index (Phi) is 6.08. The summed E-state index contributed by atoms with van der Waals surface area (Å²) in [7, 11) is 0. The topological polar surface area (TPSA) is 55.6 Å². The number of nitrogens with one attached hydrogen (secondary N) is 1. The first-order chi connectivity index (χ1) is 12.2. The molecule has 0 saturated heterocycles. The maximum absolute atomic E-state index is 12.6. The van der Waals surface area contributed by atoms with Crippen molar-refractivity contribution >= 4 is 11.6 Å². The molecule has 0 aromatic carbocycles. The fourth-order valence-electron chi connectivity index (χ4n) is 3.55. The third-order valence-electron chi connectivity index (χ3n) is 5.11. The minimum Gasteiger partial charge on any atom is -0.378 e. The predicted octanol–water partition coefficient (Wildman–Crippen LogP) is 3.89. The van der Waals surface area contributed by atoms with Crippen molar-refractivity contribution < 1.29 is 9.53 Å². The zero-order valence-corrected chi connectivity index (χ0v) is 15.3. The Balaban J connectivity index is 1.50. The summed E-state index contributed by atoms with van der Waals surface area (Å²) in [5.41, 5.74) is 2.46. The zero-order valence-electron chi connectivity index (χ0n) is 15.3. The number of fused-ring (bicyclic) bond motifs is 1. The molecule has 2 aromatic heterocycles. The van der Waals surface area contributed by atoms with Crippen molar-refractivity contribution in [3.8, 4) is 0 Å². The summed E-state index contributed by atoms with van der Waals surface area (Å²) in [6, 6.07) is 4.03. The fourth-order valence-corrected chi connectivity index (χ4v) is 3.55. The standard InChI is InChI=1S/C20H29N3O2/c1-3-4-5-14-25-17-8-6-16(7-9-17)22-20(24)18-11-13-23-15(2)10-12-21-19(18)23/h10-13,16-17H,3-9,14H2,1-2H3,(H,22,24). The number of unbranched alkanes of at least 4 members (excludes halogenated alkanes) is 2. The van der Waals surface area contributed by atoms with Gasteiger partial charge in [-0.2, -0.15) is 0 Å². The molecule has 25 heavy (non-hydrogen) atoms. The number of amides is 1. The van der Waals surface area contributed by atoms with Gasteiger partial charge in [0.15, 0.2) is 0 Å². The molecule has 3 rings (SSSR count). The Morgan fingerprint density at radius 1 is 1.28 bits per heavy atom. The Labute approximate surface area is 149 Å². The number of aromatic nitrogens is 2. The second-order valence-corrected chi connectivity index (χ2v) is 7.03. The summed E-state index contributed by atoms with van der Waals surface area (Å²) in [5.74, 6) is -0.0204. The van der Waals surface area contributed by atoms with Crippen LogP contribution < -0.4 is 5.32 Å². The van der Waals surface area contributed by atoms with E-state index in [-0.39, 0.29) is 11.9 Å². The van der Waals surface area contributed by atoms with E-state index in [1.54, 1.807) is 6.20 Å². The molecule has 0 bridgehead atoms. The van der Waals surface area contributed by atoms with Crippen molar-refractivity contribution in [3.63, 3.8) is 0 Å². The molecular weight excluding hydrogens is 314 g/mol. The molecule has 0 atom stereocenters. The van der Waals surface area contributed by atoms with E-state index < -0.39 is 0 Å². The first-order valence-electron chi connectivity index (χ1n) is 9.54. The van der Waals surface area contributed by atoms with E-state index >= 15 is 0 Å². The number of carbonyl (C=O) groups excluding carboxylic acids is 1. The highest BCUT2D eigenvalue weighted by Crippen LogP contribution is 2.22. The second-order valence-electron chi connectivity index (χ2n) is 7.03. The van der Waals surface area contributed by atoms with Crippen LogP contribution in [-0.2, 0) is 4.74 Å². The Morgan fingerprint density at radius 3 is 2.84 bits per heavy atom. The summed E-state index contributed by atoms with van der Waals surface area (Å²) in [4.78, 5) is 17.0. The lowest BCUT2D eigenvalue weighted by atomic mass is 9.92. The van der Waals surface area contributed by atoms with E-state index in [0.29, 0.717) is 11.7 Å². The Hall–Kier alpha value is -1.88. The van der Waals surface area contributed by atoms with Gasteiger partial charge >= 0.3 is 0 Å². The van der Waals surface area contributed by atoms with E-state index in [4.69, 9.17) is 4.74 Å². The van der Waals surface area contributed by atoms with E-state index in [1.165, 1.54) is 12.8 Å². The van der Waals surface area contributed by atoms with Crippen molar-refractivity contribution in [2.75, 3.05) is 6.61 Å². The van der Waals surface area contributed by atoms with Crippen molar-refractivity contribution in [2.45, 2.75) is 70.9 Å². The molecule has 5 heteroatoms. The van der Waals surface area contributed by atoms with Gasteiger partial charge in [0.05, 0.1) is 11.7 Å². The quantitative estimate of drug-likeness (QED) is 0.776. The third kappa shape index (κ3) is 4.40. The first kappa shape index (κ1) is 17.9. The van der Waals surface area contributed by atoms with Gasteiger partial charge < -0.3 is 14.5 Å². The molecule has 136 valence electrons. The molecular formula is C20H29N3O2. The van der Waals surface area contributed by atoms with Gasteiger partial charge in [0.2, 0.25) is 0 Å². The minimum absolute atomic E-state index is 0.0204. The SMILES string of the molecule is CCCCCOC1CCC(NC(=O)c2ccn3c(C)ccnc23)CC1. The molecule has 1 amide bonds. The van der Waals surface area contributed by atoms with Crippen LogP contribution in [0.15, 0.2) is 24.5 Å².